The molecule has 0 aromatic rings. The number of aliphatic imine (C=N–C) groups is 1. The van der Waals surface area contributed by atoms with Crippen molar-refractivity contribution >= 4 is 17.9 Å². The molecule has 0 heterocycles. The first-order chi connectivity index (χ1) is 9.88. The largest absolute Gasteiger partial charge is 0.480 e. The Kier molecular flexibility index (Phi) is 9.90. The van der Waals surface area contributed by atoms with Gasteiger partial charge in [-0.1, -0.05) is 0 Å². The van der Waals surface area contributed by atoms with Crippen molar-refractivity contribution in [2.75, 3.05) is 26.7 Å². The highest BCUT2D eigenvalue weighted by Gasteiger charge is 2.11. The fraction of sp³-hybridized carbons (Fsp3) is 0.750. The Bertz CT molecular complexity index is 362. The number of nitrogens with zero attached hydrogens (tertiary/aromatic N) is 2. The maximum absolute atomic E-state index is 10.8. The summed E-state index contributed by atoms with van der Waals surface area (Å²) in [5.41, 5.74) is 5.36. The Balaban J connectivity index is 3.81. The zero-order valence-corrected chi connectivity index (χ0v) is 12.4. The first kappa shape index (κ1) is 19.1. The zero-order chi connectivity index (χ0) is 16.3. The van der Waals surface area contributed by atoms with Crippen LogP contribution in [0.5, 0.6) is 0 Å². The van der Waals surface area contributed by atoms with E-state index in [1.54, 1.807) is 6.92 Å². The Morgan fingerprint density at radius 1 is 1.43 bits per heavy atom. The molecular weight excluding hydrogens is 280 g/mol. The summed E-state index contributed by atoms with van der Waals surface area (Å²) in [6.07, 6.45) is 1.02. The maximum Gasteiger partial charge on any atom is 0.406 e. The molecule has 0 spiro atoms. The molecule has 0 saturated carbocycles. The van der Waals surface area contributed by atoms with Gasteiger partial charge in [0, 0.05) is 13.6 Å². The second-order valence-electron chi connectivity index (χ2n) is 4.38. The lowest BCUT2D eigenvalue weighted by Gasteiger charge is -2.16. The molecule has 21 heavy (non-hydrogen) atoms. The summed E-state index contributed by atoms with van der Waals surface area (Å²) in [5.74, 6) is -0.622. The second-order valence-corrected chi connectivity index (χ2v) is 4.38. The third-order valence-corrected chi connectivity index (χ3v) is 2.69. The smallest absolute Gasteiger partial charge is 0.406 e. The molecule has 0 aliphatic rings. The second kappa shape index (κ2) is 10.9. The van der Waals surface area contributed by atoms with Gasteiger partial charge in [-0.25, -0.2) is 9.86 Å². The van der Waals surface area contributed by atoms with Gasteiger partial charge in [0.25, 0.3) is 0 Å². The molecule has 0 aromatic heterocycles. The number of ether oxygens (including phenoxy) is 1. The van der Waals surface area contributed by atoms with E-state index in [-0.39, 0.29) is 13.2 Å². The monoisotopic (exact) mass is 304 g/mol. The minimum atomic E-state index is -1.02. The molecule has 0 aliphatic heterocycles. The molecule has 0 aromatic carbocycles. The van der Waals surface area contributed by atoms with E-state index < -0.39 is 18.1 Å². The fourth-order valence-electron chi connectivity index (χ4n) is 1.41. The van der Waals surface area contributed by atoms with Crippen molar-refractivity contribution in [1.82, 2.24) is 10.4 Å². The summed E-state index contributed by atoms with van der Waals surface area (Å²) >= 11 is 0. The normalized spacial score (nSPS) is 12.7. The molecule has 1 amide bonds. The summed E-state index contributed by atoms with van der Waals surface area (Å²) in [7, 11) is 1.46. The van der Waals surface area contributed by atoms with Gasteiger partial charge in [0.15, 0.2) is 0 Å². The Labute approximate surface area is 123 Å². The number of unbranched alkanes of at least 4 members (excludes halogenated alkanes) is 1. The lowest BCUT2D eigenvalue weighted by Crippen LogP contribution is -2.30. The number of hydrogen-bond donors (Lipinski definition) is 4. The molecule has 0 bridgehead atoms. The number of rotatable bonds is 9. The van der Waals surface area contributed by atoms with Gasteiger partial charge in [-0.2, -0.15) is 0 Å². The van der Waals surface area contributed by atoms with Gasteiger partial charge < -0.3 is 20.9 Å². The number of hydroxylamine groups is 2. The van der Waals surface area contributed by atoms with Crippen LogP contribution in [0.3, 0.4) is 0 Å². The molecule has 0 unspecified atom stereocenters. The lowest BCUT2D eigenvalue weighted by molar-refractivity contribution is -0.138. The summed E-state index contributed by atoms with van der Waals surface area (Å²) in [6.45, 7) is 2.33. The molecule has 0 saturated heterocycles. The predicted molar refractivity (Wildman–Crippen MR) is 76.3 cm³/mol. The van der Waals surface area contributed by atoms with Crippen LogP contribution in [0.2, 0.25) is 0 Å². The van der Waals surface area contributed by atoms with E-state index in [2.05, 4.69) is 10.3 Å². The number of alkyl carbamates (subject to hydrolysis) is 1. The number of aliphatic carboxylic acids is 1. The van der Waals surface area contributed by atoms with Crippen LogP contribution in [0, 0.1) is 0 Å². The predicted octanol–water partition coefficient (Wildman–Crippen LogP) is 0.0342. The number of carboxylic acid groups (broad SMARTS) is 1. The number of nitrogens with one attached hydrogen (secondary N) is 1. The van der Waals surface area contributed by atoms with E-state index in [0.717, 1.165) is 5.06 Å². The molecule has 0 radical (unpaired) electrons. The Morgan fingerprint density at radius 2 is 2.10 bits per heavy atom. The first-order valence-corrected chi connectivity index (χ1v) is 6.68. The van der Waals surface area contributed by atoms with Gasteiger partial charge in [-0.05, 0) is 26.2 Å². The minimum Gasteiger partial charge on any atom is -0.480 e. The van der Waals surface area contributed by atoms with E-state index in [1.165, 1.54) is 7.05 Å². The first-order valence-electron chi connectivity index (χ1n) is 6.68. The van der Waals surface area contributed by atoms with Crippen molar-refractivity contribution in [1.29, 1.82) is 0 Å². The summed E-state index contributed by atoms with van der Waals surface area (Å²) in [6, 6.07) is -0.867. The standard InChI is InChI=1S/C12H24N4O5/c1-9(15-6-8-21-12(19)14-2)16(20)7-4-3-5-10(13)11(17)18/h10,20H,3-8,13H2,1-2H3,(H,14,19)(H,17,18)/t10-/m0/s1. The Morgan fingerprint density at radius 3 is 2.67 bits per heavy atom. The molecule has 0 rings (SSSR count). The molecule has 122 valence electrons. The number of carboxylic acids is 1. The number of amidine groups is 1. The van der Waals surface area contributed by atoms with Gasteiger partial charge in [-0.3, -0.25) is 15.0 Å². The van der Waals surface area contributed by atoms with Gasteiger partial charge in [0.1, 0.15) is 18.5 Å². The average Bonchev–Trinajstić information content (AvgIpc) is 2.46. The van der Waals surface area contributed by atoms with Gasteiger partial charge in [0.2, 0.25) is 0 Å². The van der Waals surface area contributed by atoms with Crippen molar-refractivity contribution in [2.24, 2.45) is 10.7 Å². The van der Waals surface area contributed by atoms with Crippen molar-refractivity contribution < 1.29 is 24.6 Å². The fourth-order valence-corrected chi connectivity index (χ4v) is 1.41. The molecule has 5 N–H and O–H groups in total. The van der Waals surface area contributed by atoms with E-state index in [0.29, 0.717) is 31.6 Å². The minimum absolute atomic E-state index is 0.123. The molecule has 1 atom stereocenters. The Hall–Kier alpha value is -1.87. The van der Waals surface area contributed by atoms with Crippen LogP contribution in [-0.4, -0.2) is 66.1 Å². The number of nitrogens with two attached hydrogens (primary N) is 1. The van der Waals surface area contributed by atoms with Gasteiger partial charge >= 0.3 is 12.1 Å². The van der Waals surface area contributed by atoms with Crippen LogP contribution in [-0.2, 0) is 9.53 Å². The number of carbonyl (C=O) groups excluding carboxylic acids is 1. The van der Waals surface area contributed by atoms with Crippen LogP contribution < -0.4 is 11.1 Å². The molecule has 9 nitrogen and oxygen atoms in total. The zero-order valence-electron chi connectivity index (χ0n) is 12.4. The summed E-state index contributed by atoms with van der Waals surface area (Å²) in [5, 5.41) is 21.6. The van der Waals surface area contributed by atoms with Crippen molar-refractivity contribution in [3.05, 3.63) is 0 Å². The topological polar surface area (TPSA) is 137 Å². The maximum atomic E-state index is 10.8. The highest BCUT2D eigenvalue weighted by atomic mass is 16.5. The summed E-state index contributed by atoms with van der Waals surface area (Å²) < 4.78 is 4.74. The van der Waals surface area contributed by atoms with Crippen LogP contribution in [0.4, 0.5) is 4.79 Å². The lowest BCUT2D eigenvalue weighted by atomic mass is 10.1. The number of carbonyl (C=O) groups is 2. The van der Waals surface area contributed by atoms with Crippen LogP contribution in [0.25, 0.3) is 0 Å². The molecule has 0 aliphatic carbocycles. The molecule has 0 fully saturated rings. The van der Waals surface area contributed by atoms with Crippen LogP contribution in [0.1, 0.15) is 26.2 Å². The SMILES string of the molecule is CNC(=O)OCCN=C(C)N(O)CCCC[C@H](N)C(=O)O. The van der Waals surface area contributed by atoms with Crippen molar-refractivity contribution in [2.45, 2.75) is 32.2 Å². The number of amides is 1. The van der Waals surface area contributed by atoms with Crippen LogP contribution >= 0.6 is 0 Å². The summed E-state index contributed by atoms with van der Waals surface area (Å²) in [4.78, 5) is 25.3. The van der Waals surface area contributed by atoms with Crippen molar-refractivity contribution in [3.8, 4) is 0 Å². The van der Waals surface area contributed by atoms with Crippen LogP contribution in [0.15, 0.2) is 4.99 Å². The van der Waals surface area contributed by atoms with E-state index in [4.69, 9.17) is 15.6 Å². The van der Waals surface area contributed by atoms with Gasteiger partial charge in [-0.15, -0.1) is 0 Å². The highest BCUT2D eigenvalue weighted by molar-refractivity contribution is 5.78. The quantitative estimate of drug-likeness (QED) is 0.204. The third-order valence-electron chi connectivity index (χ3n) is 2.69. The van der Waals surface area contributed by atoms with E-state index in [1.807, 2.05) is 0 Å². The molecular formula is C12H24N4O5. The van der Waals surface area contributed by atoms with E-state index >= 15 is 0 Å². The number of hydrogen-bond acceptors (Lipinski definition) is 6. The average molecular weight is 304 g/mol. The highest BCUT2D eigenvalue weighted by Crippen LogP contribution is 2.01. The van der Waals surface area contributed by atoms with E-state index in [9.17, 15) is 14.8 Å². The van der Waals surface area contributed by atoms with Crippen molar-refractivity contribution in [3.63, 3.8) is 0 Å². The molecule has 9 heteroatoms. The third kappa shape index (κ3) is 9.63. The van der Waals surface area contributed by atoms with Gasteiger partial charge in [0.05, 0.1) is 6.54 Å².